The van der Waals surface area contributed by atoms with Crippen LogP contribution in [0.25, 0.3) is 0 Å². The van der Waals surface area contributed by atoms with E-state index in [2.05, 4.69) is 34.5 Å². The van der Waals surface area contributed by atoms with E-state index in [-0.39, 0.29) is 21.7 Å². The molecule has 0 bridgehead atoms. The van der Waals surface area contributed by atoms with Gasteiger partial charge < -0.3 is 20.4 Å². The number of nitrogens with one attached hydrogen (secondary N) is 1. The lowest BCUT2D eigenvalue weighted by Gasteiger charge is -2.38. The second-order valence-electron chi connectivity index (χ2n) is 13.2. The van der Waals surface area contributed by atoms with E-state index >= 15 is 0 Å². The third kappa shape index (κ3) is 10.9. The molecular formula is C35H44FN3O9S. The summed E-state index contributed by atoms with van der Waals surface area (Å²) in [6.07, 6.45) is 2.07. The zero-order chi connectivity index (χ0) is 36.6. The van der Waals surface area contributed by atoms with Gasteiger partial charge >= 0.3 is 17.9 Å². The highest BCUT2D eigenvalue weighted by Gasteiger charge is 2.44. The Bertz CT molecular complexity index is 1700. The van der Waals surface area contributed by atoms with Crippen LogP contribution in [0, 0.1) is 25.1 Å². The average Bonchev–Trinajstić information content (AvgIpc) is 3.46. The molecule has 0 unspecified atom stereocenters. The van der Waals surface area contributed by atoms with Gasteiger partial charge in [-0.3, -0.25) is 19.5 Å². The molecule has 0 amide bonds. The number of pyridine rings is 1. The van der Waals surface area contributed by atoms with Crippen molar-refractivity contribution in [3.05, 3.63) is 95.1 Å². The van der Waals surface area contributed by atoms with Crippen molar-refractivity contribution < 1.29 is 47.6 Å². The first-order chi connectivity index (χ1) is 22.8. The predicted molar refractivity (Wildman–Crippen MR) is 179 cm³/mol. The molecule has 0 radical (unpaired) electrons. The lowest BCUT2D eigenvalue weighted by Crippen LogP contribution is -2.44. The van der Waals surface area contributed by atoms with Crippen molar-refractivity contribution in [3.63, 3.8) is 0 Å². The van der Waals surface area contributed by atoms with Gasteiger partial charge in [-0.2, -0.15) is 0 Å². The topological polar surface area (TPSA) is 194 Å². The number of aromatic nitrogens is 1. The average molecular weight is 702 g/mol. The van der Waals surface area contributed by atoms with Gasteiger partial charge in [-0.15, -0.1) is 0 Å². The number of carboxylic acids is 3. The van der Waals surface area contributed by atoms with Crippen molar-refractivity contribution in [2.24, 2.45) is 5.41 Å². The lowest BCUT2D eigenvalue weighted by atomic mass is 9.81. The summed E-state index contributed by atoms with van der Waals surface area (Å²) in [6.45, 7) is 10.3. The van der Waals surface area contributed by atoms with Gasteiger partial charge in [0.25, 0.3) is 0 Å². The number of aryl methyl sites for hydroxylation is 3. The SMILES string of the molecule is Cc1ccc(S(=O)(=O)NC[C@@]2(CCc3ccc(F)cc3)CCN(C(C)(C)c3ccc(C)nc3)C2)cc1.O=C(O)CC(O)(CC(=O)O)C(=O)O. The highest BCUT2D eigenvalue weighted by atomic mass is 32.2. The number of halogens is 1. The molecule has 1 saturated heterocycles. The van der Waals surface area contributed by atoms with Gasteiger partial charge in [-0.25, -0.2) is 22.3 Å². The van der Waals surface area contributed by atoms with Crippen LogP contribution in [-0.4, -0.2) is 81.9 Å². The second kappa shape index (κ2) is 16.0. The van der Waals surface area contributed by atoms with E-state index in [0.717, 1.165) is 54.7 Å². The summed E-state index contributed by atoms with van der Waals surface area (Å²) in [5, 5.41) is 33.8. The Labute approximate surface area is 285 Å². The summed E-state index contributed by atoms with van der Waals surface area (Å²) >= 11 is 0. The third-order valence-electron chi connectivity index (χ3n) is 8.96. The third-order valence-corrected chi connectivity index (χ3v) is 10.4. The van der Waals surface area contributed by atoms with E-state index in [1.165, 1.54) is 12.1 Å². The molecule has 5 N–H and O–H groups in total. The van der Waals surface area contributed by atoms with E-state index in [0.29, 0.717) is 6.54 Å². The van der Waals surface area contributed by atoms with Crippen LogP contribution in [0.5, 0.6) is 0 Å². The summed E-state index contributed by atoms with van der Waals surface area (Å²) in [6, 6.07) is 17.7. The minimum Gasteiger partial charge on any atom is -0.481 e. The first-order valence-corrected chi connectivity index (χ1v) is 17.1. The number of benzene rings is 2. The monoisotopic (exact) mass is 701 g/mol. The number of likely N-dealkylation sites (tertiary alicyclic amines) is 1. The molecule has 2 aromatic carbocycles. The maximum atomic E-state index is 13.4. The molecule has 1 atom stereocenters. The van der Waals surface area contributed by atoms with E-state index in [1.54, 1.807) is 12.1 Å². The minimum absolute atomic E-state index is 0.242. The number of aliphatic carboxylic acids is 3. The molecule has 0 spiro atoms. The minimum atomic E-state index is -3.63. The van der Waals surface area contributed by atoms with Gasteiger partial charge in [0.05, 0.1) is 17.7 Å². The first kappa shape index (κ1) is 39.2. The zero-order valence-electron chi connectivity index (χ0n) is 28.0. The molecule has 14 heteroatoms. The summed E-state index contributed by atoms with van der Waals surface area (Å²) in [5.41, 5.74) is 0.965. The molecule has 0 aliphatic carbocycles. The van der Waals surface area contributed by atoms with Crippen molar-refractivity contribution in [2.75, 3.05) is 19.6 Å². The number of hydrogen-bond acceptors (Lipinski definition) is 8. The number of hydrogen-bond donors (Lipinski definition) is 5. The van der Waals surface area contributed by atoms with Crippen molar-refractivity contribution in [3.8, 4) is 0 Å². The smallest absolute Gasteiger partial charge is 0.336 e. The van der Waals surface area contributed by atoms with Crippen LogP contribution in [0.1, 0.15) is 61.9 Å². The zero-order valence-corrected chi connectivity index (χ0v) is 28.8. The molecule has 266 valence electrons. The van der Waals surface area contributed by atoms with Gasteiger partial charge in [-0.05, 0) is 100 Å². The van der Waals surface area contributed by atoms with Gasteiger partial charge in [0.15, 0.2) is 5.60 Å². The van der Waals surface area contributed by atoms with Crippen molar-refractivity contribution >= 4 is 27.9 Å². The van der Waals surface area contributed by atoms with Crippen LogP contribution in [0.3, 0.4) is 0 Å². The molecule has 1 fully saturated rings. The van der Waals surface area contributed by atoms with Crippen LogP contribution in [0.4, 0.5) is 4.39 Å². The van der Waals surface area contributed by atoms with Crippen LogP contribution in [0.2, 0.25) is 0 Å². The maximum Gasteiger partial charge on any atom is 0.336 e. The highest BCUT2D eigenvalue weighted by molar-refractivity contribution is 7.89. The quantitative estimate of drug-likeness (QED) is 0.162. The van der Waals surface area contributed by atoms with Gasteiger partial charge in [0, 0.05) is 30.5 Å². The Morgan fingerprint density at radius 1 is 0.939 bits per heavy atom. The summed E-state index contributed by atoms with van der Waals surface area (Å²) in [4.78, 5) is 37.7. The van der Waals surface area contributed by atoms with Crippen molar-refractivity contribution in [1.82, 2.24) is 14.6 Å². The molecule has 12 nitrogen and oxygen atoms in total. The number of carboxylic acid groups (broad SMARTS) is 3. The molecule has 2 heterocycles. The fourth-order valence-electron chi connectivity index (χ4n) is 5.68. The van der Waals surface area contributed by atoms with Crippen LogP contribution in [0.15, 0.2) is 71.8 Å². The predicted octanol–water partition coefficient (Wildman–Crippen LogP) is 4.13. The summed E-state index contributed by atoms with van der Waals surface area (Å²) < 4.78 is 42.6. The van der Waals surface area contributed by atoms with Crippen LogP contribution < -0.4 is 4.72 Å². The van der Waals surface area contributed by atoms with Crippen molar-refractivity contribution in [1.29, 1.82) is 0 Å². The Morgan fingerprint density at radius 2 is 1.53 bits per heavy atom. The molecule has 1 aliphatic rings. The van der Waals surface area contributed by atoms with Gasteiger partial charge in [0.1, 0.15) is 5.82 Å². The number of aliphatic hydroxyl groups is 1. The fourth-order valence-corrected chi connectivity index (χ4v) is 6.84. The Hall–Kier alpha value is -4.24. The molecule has 1 aliphatic heterocycles. The highest BCUT2D eigenvalue weighted by Crippen LogP contribution is 2.41. The largest absolute Gasteiger partial charge is 0.481 e. The van der Waals surface area contributed by atoms with E-state index in [4.69, 9.17) is 20.4 Å². The molecule has 1 aromatic heterocycles. The standard InChI is InChI=1S/C29H36FN3O2S.C6H8O7/c1-22-5-13-27(14-6-22)36(34,35)32-20-29(16-15-24-8-11-26(30)12-9-24)17-18-33(21-29)28(3,4)25-10-7-23(2)31-19-25;7-3(8)1-6(13,5(11)12)2-4(9)10/h5-14,19,32H,15-18,20-21H2,1-4H3;13H,1-2H2,(H,7,8)(H,9,10)(H,11,12)/t29-;/m1./s1. The molecule has 0 saturated carbocycles. The van der Waals surface area contributed by atoms with Gasteiger partial charge in [-0.1, -0.05) is 35.9 Å². The Kier molecular flexibility index (Phi) is 12.8. The van der Waals surface area contributed by atoms with Crippen molar-refractivity contribution in [2.45, 2.75) is 75.8 Å². The van der Waals surface area contributed by atoms with E-state index in [9.17, 15) is 27.2 Å². The summed E-state index contributed by atoms with van der Waals surface area (Å²) in [5.74, 6) is -5.27. The first-order valence-electron chi connectivity index (χ1n) is 15.7. The number of nitrogens with zero attached hydrogens (tertiary/aromatic N) is 2. The molecular weight excluding hydrogens is 657 g/mol. The Balaban J connectivity index is 0.000000425. The van der Waals surface area contributed by atoms with E-state index in [1.807, 2.05) is 50.4 Å². The molecule has 4 rings (SSSR count). The number of sulfonamides is 1. The molecule has 49 heavy (non-hydrogen) atoms. The lowest BCUT2D eigenvalue weighted by molar-refractivity contribution is -0.170. The Morgan fingerprint density at radius 3 is 2.04 bits per heavy atom. The number of rotatable bonds is 14. The second-order valence-corrected chi connectivity index (χ2v) is 14.9. The summed E-state index contributed by atoms with van der Waals surface area (Å²) in [7, 11) is -3.63. The maximum absolute atomic E-state index is 13.4. The van der Waals surface area contributed by atoms with Crippen LogP contribution >= 0.6 is 0 Å². The normalized spacial score (nSPS) is 16.9. The fraction of sp³-hybridized carbons (Fsp3) is 0.429. The molecule has 3 aromatic rings. The van der Waals surface area contributed by atoms with Crippen LogP contribution in [-0.2, 0) is 36.4 Å². The van der Waals surface area contributed by atoms with E-state index < -0.39 is 46.4 Å². The number of carbonyl (C=O) groups is 3. The van der Waals surface area contributed by atoms with Gasteiger partial charge in [0.2, 0.25) is 10.0 Å².